The lowest BCUT2D eigenvalue weighted by Crippen LogP contribution is -2.56. The Kier molecular flexibility index (Phi) is 19.2. The minimum Gasteiger partial charge on any atom is -0.394 e. The van der Waals surface area contributed by atoms with Gasteiger partial charge in [0.2, 0.25) is 35.4 Å². The van der Waals surface area contributed by atoms with Crippen LogP contribution in [0.25, 0.3) is 11.0 Å². The van der Waals surface area contributed by atoms with Crippen molar-refractivity contribution in [1.29, 1.82) is 0 Å². The van der Waals surface area contributed by atoms with Crippen molar-refractivity contribution < 1.29 is 62.2 Å². The molecule has 0 saturated carbocycles. The number of carbonyl (C=O) groups excluding carboxylic acids is 6. The number of primary amides is 5. The molecule has 2 fully saturated rings. The van der Waals surface area contributed by atoms with Crippen molar-refractivity contribution in [3.8, 4) is 0 Å². The Morgan fingerprint density at radius 3 is 2.08 bits per heavy atom. The van der Waals surface area contributed by atoms with Gasteiger partial charge in [-0.1, -0.05) is 48.0 Å². The van der Waals surface area contributed by atoms with Crippen molar-refractivity contribution in [2.45, 2.75) is 196 Å². The number of benzene rings is 1. The number of aryl methyl sites for hydroxylation is 2. The molecule has 8 bridgehead atoms. The van der Waals surface area contributed by atoms with Gasteiger partial charge in [-0.25, -0.2) is 9.55 Å². The van der Waals surface area contributed by atoms with E-state index in [1.54, 1.807) is 4.57 Å². The highest BCUT2D eigenvalue weighted by Gasteiger charge is 2.66. The van der Waals surface area contributed by atoms with E-state index in [1.165, 1.54) is 13.3 Å². The quantitative estimate of drug-likeness (QED) is 0.0603. The van der Waals surface area contributed by atoms with Crippen molar-refractivity contribution in [1.82, 2.24) is 20.2 Å². The molecule has 2 aromatic rings. The minimum atomic E-state index is -5.05. The smallest absolute Gasteiger partial charge is 0.394 e. The lowest BCUT2D eigenvalue weighted by atomic mass is 9.55. The van der Waals surface area contributed by atoms with E-state index in [1.807, 2.05) is 87.4 Å². The van der Waals surface area contributed by atoms with Gasteiger partial charge in [0, 0.05) is 125 Å². The molecule has 482 valence electrons. The predicted molar refractivity (Wildman–Crippen MR) is 330 cm³/mol. The van der Waals surface area contributed by atoms with Gasteiger partial charge in [0.25, 0.3) is 0 Å². The maximum absolute atomic E-state index is 14.4. The summed E-state index contributed by atoms with van der Waals surface area (Å²) in [7, 11) is -5.05. The van der Waals surface area contributed by atoms with Crippen molar-refractivity contribution in [3.63, 3.8) is 0 Å². The van der Waals surface area contributed by atoms with Gasteiger partial charge in [0.05, 0.1) is 41.7 Å². The number of rotatable bonds is 25. The maximum atomic E-state index is 14.4. The Morgan fingerprint density at radius 1 is 0.841 bits per heavy atom. The molecule has 15 atom stereocenters. The number of aromatic nitrogens is 2. The summed E-state index contributed by atoms with van der Waals surface area (Å²) in [4.78, 5) is 113. The molecular weight excluding hydrogens is 1150 g/mol. The molecule has 6 amide bonds. The van der Waals surface area contributed by atoms with Gasteiger partial charge in [-0.05, 0) is 108 Å². The van der Waals surface area contributed by atoms with E-state index in [0.29, 0.717) is 57.1 Å². The molecule has 25 nitrogen and oxygen atoms in total. The number of hydrogen-bond donors (Lipinski definition) is 10. The number of phosphoric acid groups is 1. The summed E-state index contributed by atoms with van der Waals surface area (Å²) in [5.74, 6) is -5.78. The molecule has 0 spiro atoms. The summed E-state index contributed by atoms with van der Waals surface area (Å²) < 4.78 is 32.3. The molecule has 88 heavy (non-hydrogen) atoms. The number of nitrogens with two attached hydrogens (primary N) is 5. The number of nitrogens with one attached hydrogen (secondary N) is 2. The minimum absolute atomic E-state index is 0.0122. The Labute approximate surface area is 513 Å². The molecule has 7 heterocycles. The number of hydrogen-bond acceptors (Lipinski definition) is 17. The van der Waals surface area contributed by atoms with Crippen LogP contribution in [0.5, 0.6) is 0 Å². The second-order valence-electron chi connectivity index (χ2n) is 26.9. The first kappa shape index (κ1) is 67.5. The van der Waals surface area contributed by atoms with Crippen molar-refractivity contribution in [2.75, 3.05) is 13.2 Å². The van der Waals surface area contributed by atoms with Gasteiger partial charge in [0.15, 0.2) is 6.23 Å². The maximum Gasteiger partial charge on any atom is 0.472 e. The average Bonchev–Trinajstić information content (AvgIpc) is 1.54. The van der Waals surface area contributed by atoms with E-state index in [4.69, 9.17) is 57.4 Å². The number of ether oxygens (including phenoxy) is 1. The Morgan fingerprint density at radius 2 is 1.48 bits per heavy atom. The van der Waals surface area contributed by atoms with Crippen LogP contribution in [0.1, 0.15) is 157 Å². The third-order valence-electron chi connectivity index (χ3n) is 20.5. The molecule has 0 aliphatic carbocycles. The number of aliphatic hydroxyl groups is 2. The van der Waals surface area contributed by atoms with Crippen LogP contribution < -0.4 is 39.3 Å². The van der Waals surface area contributed by atoms with Gasteiger partial charge < -0.3 is 63.7 Å². The van der Waals surface area contributed by atoms with Crippen molar-refractivity contribution in [3.05, 3.63) is 63.9 Å². The number of nitrogens with zero attached hydrogens (tertiary/aromatic N) is 5. The number of amides is 6. The summed E-state index contributed by atoms with van der Waals surface area (Å²) in [6, 6.07) is 2.77. The highest BCUT2D eigenvalue weighted by Crippen LogP contribution is 2.63. The summed E-state index contributed by atoms with van der Waals surface area (Å²) in [6.07, 6.45) is -2.22. The SMILES string of the molecule is CCC[C@@H]1C2=CC3=N/C(=C(/C)C4=N[C@H]([C@H](CC(N)=O)[C@@]4(C)CCC(=O)NC[C@@H](C)OP(=O)(O)OC4C(O)C(n5cnc6cc(C)c(C)cc65)O[C@@H]4CO)[C@]4(C)N=C(/C(C)=C(\N2)[C@@]1(C)CC(N)=O)[C@@H](CCC(N)=O)[C@]4(C)CC(N)=O)[C@@H](CCC(N)=O)C3(C)C. The van der Waals surface area contributed by atoms with Crippen molar-refractivity contribution in [2.24, 2.45) is 89.0 Å². The zero-order chi connectivity index (χ0) is 65.1. The zero-order valence-corrected chi connectivity index (χ0v) is 53.7. The molecule has 26 heteroatoms. The first-order chi connectivity index (χ1) is 41.0. The van der Waals surface area contributed by atoms with Crippen LogP contribution in [0.3, 0.4) is 0 Å². The Bertz CT molecular complexity index is 3420. The zero-order valence-electron chi connectivity index (χ0n) is 52.8. The van der Waals surface area contributed by atoms with E-state index in [2.05, 4.69) is 22.5 Å². The summed E-state index contributed by atoms with van der Waals surface area (Å²) >= 11 is 0. The fourth-order valence-electron chi connectivity index (χ4n) is 15.4. The van der Waals surface area contributed by atoms with Crippen LogP contribution in [0.4, 0.5) is 0 Å². The van der Waals surface area contributed by atoms with Crippen LogP contribution in [0, 0.1) is 59.2 Å². The molecule has 1 aromatic carbocycles. The number of aliphatic hydroxyl groups excluding tert-OH is 2. The largest absolute Gasteiger partial charge is 0.472 e. The fraction of sp³-hybridized carbons (Fsp3) is 0.645. The second-order valence-corrected chi connectivity index (χ2v) is 28.2. The standard InChI is InChI=1S/C62H91N12O13P/c1-13-14-35-39-24-43-58(7,8)36(15-17-44(63)76)50(71-43)33(5)54-59(9,20-19-49(81)68-27-32(4)86-88(83,84)87-53-42(28-75)85-57(52(53)82)74-29-69-40-21-30(2)31(3)22-41(40)74)38(23-46(65)78)56(72-54)62(12)61(11,26-48(67)80)37(16-18-45(64)77)51(73-62)34(6)55(70-39)60(35,10)25-47(66)79/h21-22,24,29,32,35-38,42,52-53,56-57,70,75,82H,13-20,23,25-28H2,1-12H3,(H2,63,76)(H2,64,77)(H2,65,78)(H2,66,79)(H2,67,80)(H,68,81)(H,83,84)/b39-24?,50-33-,55-34-/t32-,35-,36-,37-,38+,42-,52?,53?,56-,57?,59-,60+,61+,62+/m1/s1. The van der Waals surface area contributed by atoms with E-state index in [0.717, 1.165) is 23.2 Å². The average molecular weight is 1240 g/mol. The molecule has 0 radical (unpaired) electrons. The number of aliphatic imine (C=N–C) groups is 3. The fourth-order valence-corrected chi connectivity index (χ4v) is 16.6. The lowest BCUT2D eigenvalue weighted by Gasteiger charge is -2.48. The molecule has 15 N–H and O–H groups in total. The third-order valence-corrected chi connectivity index (χ3v) is 21.6. The molecule has 8 rings (SSSR count). The highest BCUT2D eigenvalue weighted by molar-refractivity contribution is 7.47. The molecule has 4 unspecified atom stereocenters. The van der Waals surface area contributed by atoms with E-state index in [9.17, 15) is 48.4 Å². The number of allylic oxidation sites excluding steroid dienone is 6. The van der Waals surface area contributed by atoms with Crippen LogP contribution >= 0.6 is 7.82 Å². The van der Waals surface area contributed by atoms with E-state index in [-0.39, 0.29) is 70.3 Å². The van der Waals surface area contributed by atoms with Crippen LogP contribution in [0.15, 0.2) is 67.8 Å². The predicted octanol–water partition coefficient (Wildman–Crippen LogP) is 4.70. The monoisotopic (exact) mass is 1240 g/mol. The van der Waals surface area contributed by atoms with Crippen LogP contribution in [-0.2, 0) is 47.1 Å². The topological polar surface area (TPSA) is 417 Å². The number of carbonyl (C=O) groups is 6. The van der Waals surface area contributed by atoms with Gasteiger partial charge in [-0.15, -0.1) is 0 Å². The normalized spacial score (nSPS) is 34.2. The summed E-state index contributed by atoms with van der Waals surface area (Å²) in [5.41, 5.74) is 33.0. The van der Waals surface area contributed by atoms with E-state index >= 15 is 0 Å². The molecule has 6 aliphatic rings. The van der Waals surface area contributed by atoms with Gasteiger partial charge in [0.1, 0.15) is 18.3 Å². The third kappa shape index (κ3) is 12.4. The van der Waals surface area contributed by atoms with Crippen LogP contribution in [0.2, 0.25) is 0 Å². The highest BCUT2D eigenvalue weighted by atomic mass is 31.2. The van der Waals surface area contributed by atoms with Crippen molar-refractivity contribution >= 4 is 71.4 Å². The number of fused-ring (bicyclic) bond motifs is 7. The van der Waals surface area contributed by atoms with Gasteiger partial charge in [-0.3, -0.25) is 52.8 Å². The Hall–Kier alpha value is -6.47. The number of imidazole rings is 1. The number of phosphoric ester groups is 1. The summed E-state index contributed by atoms with van der Waals surface area (Å²) in [6.45, 7) is 21.9. The van der Waals surface area contributed by atoms with Crippen LogP contribution in [-0.4, -0.2) is 126 Å². The first-order valence-electron chi connectivity index (χ1n) is 30.4. The van der Waals surface area contributed by atoms with E-state index < -0.39 is 132 Å². The lowest BCUT2D eigenvalue weighted by molar-refractivity contribution is -0.124. The Balaban J connectivity index is 1.18. The van der Waals surface area contributed by atoms with Gasteiger partial charge in [-0.2, -0.15) is 0 Å². The summed E-state index contributed by atoms with van der Waals surface area (Å²) in [5, 5.41) is 28.3. The second kappa shape index (κ2) is 25.1. The van der Waals surface area contributed by atoms with Gasteiger partial charge >= 0.3 is 7.82 Å². The molecular formula is C62H91N12O13P. The molecule has 6 aliphatic heterocycles. The first-order valence-corrected chi connectivity index (χ1v) is 31.9. The molecule has 1 aromatic heterocycles. The molecule has 2 saturated heterocycles.